The highest BCUT2D eigenvalue weighted by molar-refractivity contribution is 9.10. The number of halogens is 4. The Kier molecular flexibility index (Phi) is 6.25. The summed E-state index contributed by atoms with van der Waals surface area (Å²) in [6, 6.07) is 11.3. The summed E-state index contributed by atoms with van der Waals surface area (Å²) in [4.78, 5) is 23.0. The van der Waals surface area contributed by atoms with Crippen molar-refractivity contribution in [1.29, 1.82) is 0 Å². The number of amides is 1. The van der Waals surface area contributed by atoms with Crippen LogP contribution < -0.4 is 10.1 Å². The molecule has 0 aliphatic rings. The van der Waals surface area contributed by atoms with Gasteiger partial charge in [-0.3, -0.25) is 4.79 Å². The van der Waals surface area contributed by atoms with Gasteiger partial charge in [-0.2, -0.15) is 13.2 Å². The van der Waals surface area contributed by atoms with Gasteiger partial charge in [0, 0.05) is 4.47 Å². The predicted octanol–water partition coefficient (Wildman–Crippen LogP) is 4.32. The first-order chi connectivity index (χ1) is 12.2. The Hall–Kier alpha value is -2.55. The second kappa shape index (κ2) is 8.22. The Labute approximate surface area is 155 Å². The van der Waals surface area contributed by atoms with Crippen molar-refractivity contribution in [3.05, 3.63) is 58.1 Å². The molecule has 0 spiro atoms. The second-order valence-corrected chi connectivity index (χ2v) is 5.90. The zero-order valence-electron chi connectivity index (χ0n) is 13.4. The first kappa shape index (κ1) is 19.8. The van der Waals surface area contributed by atoms with E-state index in [2.05, 4.69) is 20.7 Å². The van der Waals surface area contributed by atoms with Gasteiger partial charge in [-0.15, -0.1) is 0 Å². The van der Waals surface area contributed by atoms with E-state index >= 15 is 0 Å². The van der Waals surface area contributed by atoms with Gasteiger partial charge >= 0.3 is 18.1 Å². The topological polar surface area (TPSA) is 64.6 Å². The van der Waals surface area contributed by atoms with Crippen molar-refractivity contribution < 1.29 is 32.2 Å². The Morgan fingerprint density at radius 3 is 2.38 bits per heavy atom. The van der Waals surface area contributed by atoms with Crippen LogP contribution in [0.3, 0.4) is 0 Å². The van der Waals surface area contributed by atoms with Crippen LogP contribution in [-0.2, 0) is 16.1 Å². The summed E-state index contributed by atoms with van der Waals surface area (Å²) in [6.07, 6.45) is -5.07. The van der Waals surface area contributed by atoms with E-state index in [1.807, 2.05) is 0 Å². The molecule has 0 saturated heterocycles. The number of methoxy groups -OCH3 is 1. The molecule has 1 N–H and O–H groups in total. The minimum absolute atomic E-state index is 0.0206. The van der Waals surface area contributed by atoms with Gasteiger partial charge in [0.1, 0.15) is 12.4 Å². The largest absolute Gasteiger partial charge is 0.487 e. The number of alkyl halides is 3. The molecule has 0 bridgehead atoms. The van der Waals surface area contributed by atoms with E-state index in [1.54, 1.807) is 35.6 Å². The molecule has 0 radical (unpaired) electrons. The number of benzene rings is 2. The van der Waals surface area contributed by atoms with Gasteiger partial charge < -0.3 is 14.8 Å². The van der Waals surface area contributed by atoms with Crippen LogP contribution in [0.15, 0.2) is 46.9 Å². The number of esters is 1. The average molecular weight is 432 g/mol. The highest BCUT2D eigenvalue weighted by atomic mass is 79.9. The average Bonchev–Trinajstić information content (AvgIpc) is 2.61. The van der Waals surface area contributed by atoms with Crippen molar-refractivity contribution in [3.8, 4) is 5.75 Å². The highest BCUT2D eigenvalue weighted by Crippen LogP contribution is 2.36. The molecule has 0 unspecified atom stereocenters. The fourth-order valence-electron chi connectivity index (χ4n) is 1.97. The lowest BCUT2D eigenvalue weighted by Crippen LogP contribution is -2.30. The number of hydrogen-bond donors (Lipinski definition) is 1. The third-order valence-electron chi connectivity index (χ3n) is 3.21. The summed E-state index contributed by atoms with van der Waals surface area (Å²) in [6.45, 7) is 0.0206. The van der Waals surface area contributed by atoms with Gasteiger partial charge in [0.05, 0.1) is 18.4 Å². The quantitative estimate of drug-likeness (QED) is 0.716. The first-order valence-corrected chi connectivity index (χ1v) is 7.98. The first-order valence-electron chi connectivity index (χ1n) is 7.19. The summed E-state index contributed by atoms with van der Waals surface area (Å²) >= 11 is 3.05. The minimum atomic E-state index is -5.07. The molecule has 0 saturated carbocycles. The lowest BCUT2D eigenvalue weighted by molar-refractivity contribution is -0.167. The van der Waals surface area contributed by atoms with Crippen LogP contribution in [0.2, 0.25) is 0 Å². The number of hydrogen-bond acceptors (Lipinski definition) is 4. The molecule has 0 heterocycles. The third-order valence-corrected chi connectivity index (χ3v) is 3.83. The van der Waals surface area contributed by atoms with E-state index < -0.39 is 18.1 Å². The van der Waals surface area contributed by atoms with E-state index in [0.717, 1.165) is 5.56 Å². The van der Waals surface area contributed by atoms with Crippen LogP contribution in [-0.4, -0.2) is 25.2 Å². The number of anilines is 1. The van der Waals surface area contributed by atoms with Gasteiger partial charge in [-0.1, -0.05) is 30.3 Å². The lowest BCUT2D eigenvalue weighted by Gasteiger charge is -2.16. The maximum absolute atomic E-state index is 12.6. The normalized spacial score (nSPS) is 11.0. The van der Waals surface area contributed by atoms with Crippen molar-refractivity contribution >= 4 is 33.5 Å². The zero-order valence-corrected chi connectivity index (χ0v) is 15.0. The molecular weight excluding hydrogens is 419 g/mol. The summed E-state index contributed by atoms with van der Waals surface area (Å²) in [5.74, 6) is -2.97. The van der Waals surface area contributed by atoms with Crippen molar-refractivity contribution in [3.63, 3.8) is 0 Å². The summed E-state index contributed by atoms with van der Waals surface area (Å²) < 4.78 is 47.9. The molecule has 138 valence electrons. The highest BCUT2D eigenvalue weighted by Gasteiger charge is 2.39. The van der Waals surface area contributed by atoms with Gasteiger partial charge in [0.2, 0.25) is 0 Å². The number of carbonyl (C=O) groups is 2. The van der Waals surface area contributed by atoms with E-state index in [-0.39, 0.29) is 28.1 Å². The monoisotopic (exact) mass is 431 g/mol. The molecule has 0 fully saturated rings. The maximum atomic E-state index is 12.6. The van der Waals surface area contributed by atoms with Crippen molar-refractivity contribution in [2.45, 2.75) is 12.8 Å². The smallest absolute Gasteiger partial charge is 0.471 e. The van der Waals surface area contributed by atoms with Crippen LogP contribution in [0.1, 0.15) is 15.9 Å². The number of ether oxygens (including phenoxy) is 2. The van der Waals surface area contributed by atoms with Crippen molar-refractivity contribution in [2.75, 3.05) is 12.4 Å². The molecule has 5 nitrogen and oxygen atoms in total. The Balaban J connectivity index is 2.37. The Morgan fingerprint density at radius 1 is 1.15 bits per heavy atom. The van der Waals surface area contributed by atoms with Gasteiger partial charge in [0.15, 0.2) is 0 Å². The molecule has 0 aromatic heterocycles. The SMILES string of the molecule is COC(=O)c1cc(Br)c(NC(=O)C(F)(F)F)c(OCc2ccccc2)c1. The molecule has 2 rings (SSSR count). The third kappa shape index (κ3) is 4.98. The van der Waals surface area contributed by atoms with Crippen molar-refractivity contribution in [1.82, 2.24) is 0 Å². The predicted molar refractivity (Wildman–Crippen MR) is 90.9 cm³/mol. The Bertz CT molecular complexity index is 810. The molecular formula is C17H13BrF3NO4. The van der Waals surface area contributed by atoms with Crippen LogP contribution in [0.4, 0.5) is 18.9 Å². The molecule has 2 aromatic carbocycles. The molecule has 1 amide bonds. The number of carbonyl (C=O) groups excluding carboxylic acids is 2. The maximum Gasteiger partial charge on any atom is 0.471 e. The fraction of sp³-hybridized carbons (Fsp3) is 0.176. The molecule has 2 aromatic rings. The van der Waals surface area contributed by atoms with Gasteiger partial charge in [-0.05, 0) is 33.6 Å². The van der Waals surface area contributed by atoms with E-state index in [0.29, 0.717) is 0 Å². The summed E-state index contributed by atoms with van der Waals surface area (Å²) in [5.41, 5.74) is 0.559. The number of nitrogens with one attached hydrogen (secondary N) is 1. The van der Waals surface area contributed by atoms with Crippen LogP contribution >= 0.6 is 15.9 Å². The Morgan fingerprint density at radius 2 is 1.81 bits per heavy atom. The second-order valence-electron chi connectivity index (χ2n) is 5.05. The van der Waals surface area contributed by atoms with Crippen LogP contribution in [0.5, 0.6) is 5.75 Å². The standard InChI is InChI=1S/C17H13BrF3NO4/c1-25-15(23)11-7-12(18)14(22-16(24)17(19,20)21)13(8-11)26-9-10-5-3-2-4-6-10/h2-8H,9H2,1H3,(H,22,24). The summed E-state index contributed by atoms with van der Waals surface area (Å²) in [5, 5.41) is 1.75. The number of rotatable bonds is 5. The van der Waals surface area contributed by atoms with E-state index in [9.17, 15) is 22.8 Å². The van der Waals surface area contributed by atoms with Gasteiger partial charge in [-0.25, -0.2) is 4.79 Å². The zero-order chi connectivity index (χ0) is 19.3. The molecule has 0 aliphatic heterocycles. The van der Waals surface area contributed by atoms with E-state index in [4.69, 9.17) is 4.74 Å². The fourth-order valence-corrected chi connectivity index (χ4v) is 2.51. The minimum Gasteiger partial charge on any atom is -0.487 e. The molecule has 0 aliphatic carbocycles. The molecule has 0 atom stereocenters. The molecule has 9 heteroatoms. The lowest BCUT2D eigenvalue weighted by atomic mass is 10.2. The van der Waals surface area contributed by atoms with Gasteiger partial charge in [0.25, 0.3) is 0 Å². The van der Waals surface area contributed by atoms with Crippen molar-refractivity contribution in [2.24, 2.45) is 0 Å². The summed E-state index contributed by atoms with van der Waals surface area (Å²) in [7, 11) is 1.17. The molecule has 26 heavy (non-hydrogen) atoms. The van der Waals surface area contributed by atoms with Crippen LogP contribution in [0, 0.1) is 0 Å². The van der Waals surface area contributed by atoms with E-state index in [1.165, 1.54) is 19.2 Å². The van der Waals surface area contributed by atoms with Crippen LogP contribution in [0.25, 0.3) is 0 Å².